The van der Waals surface area contributed by atoms with Crippen LogP contribution in [0.1, 0.15) is 20.3 Å². The number of halogens is 1. The van der Waals surface area contributed by atoms with Gasteiger partial charge in [-0.3, -0.25) is 4.79 Å². The molecule has 1 N–H and O–H groups in total. The molecule has 0 radical (unpaired) electrons. The summed E-state index contributed by atoms with van der Waals surface area (Å²) in [5.41, 5.74) is 0. The molecule has 0 heterocycles. The standard InChI is InChI=1S/C8H14BrNO3/c1-3-6(7(11)5-9)10-8(12)13-4-2/h6H,3-5H2,1-2H3,(H,10,12). The lowest BCUT2D eigenvalue weighted by Gasteiger charge is -2.13. The van der Waals surface area contributed by atoms with Crippen LogP contribution in [0.25, 0.3) is 0 Å². The Morgan fingerprint density at radius 1 is 1.46 bits per heavy atom. The molecular weight excluding hydrogens is 238 g/mol. The van der Waals surface area contributed by atoms with Crippen molar-refractivity contribution >= 4 is 27.8 Å². The van der Waals surface area contributed by atoms with Crippen LogP contribution in [0.2, 0.25) is 0 Å². The smallest absolute Gasteiger partial charge is 0.407 e. The highest BCUT2D eigenvalue weighted by molar-refractivity contribution is 9.09. The van der Waals surface area contributed by atoms with Gasteiger partial charge in [0.15, 0.2) is 5.78 Å². The van der Waals surface area contributed by atoms with Gasteiger partial charge in [-0.15, -0.1) is 0 Å². The molecule has 0 spiro atoms. The Bertz CT molecular complexity index is 184. The summed E-state index contributed by atoms with van der Waals surface area (Å²) in [5.74, 6) is -0.0458. The fraction of sp³-hybridized carbons (Fsp3) is 0.750. The third kappa shape index (κ3) is 4.87. The number of hydrogen-bond donors (Lipinski definition) is 1. The topological polar surface area (TPSA) is 55.4 Å². The van der Waals surface area contributed by atoms with Crippen molar-refractivity contribution in [3.05, 3.63) is 0 Å². The summed E-state index contributed by atoms with van der Waals surface area (Å²) in [4.78, 5) is 22.1. The first-order valence-electron chi connectivity index (χ1n) is 4.17. The van der Waals surface area contributed by atoms with E-state index in [2.05, 4.69) is 26.0 Å². The van der Waals surface area contributed by atoms with Gasteiger partial charge in [-0.2, -0.15) is 0 Å². The number of nitrogens with one attached hydrogen (secondary N) is 1. The Morgan fingerprint density at radius 3 is 2.46 bits per heavy atom. The normalized spacial score (nSPS) is 11.9. The van der Waals surface area contributed by atoms with Crippen molar-refractivity contribution in [1.82, 2.24) is 5.32 Å². The van der Waals surface area contributed by atoms with Crippen molar-refractivity contribution in [2.45, 2.75) is 26.3 Å². The highest BCUT2D eigenvalue weighted by Crippen LogP contribution is 1.97. The van der Waals surface area contributed by atoms with E-state index in [-0.39, 0.29) is 11.1 Å². The van der Waals surface area contributed by atoms with Gasteiger partial charge in [0, 0.05) is 0 Å². The van der Waals surface area contributed by atoms with E-state index in [1.165, 1.54) is 0 Å². The van der Waals surface area contributed by atoms with E-state index in [0.717, 1.165) is 0 Å². The molecule has 0 aromatic heterocycles. The maximum Gasteiger partial charge on any atom is 0.407 e. The summed E-state index contributed by atoms with van der Waals surface area (Å²) in [6, 6.07) is -0.446. The average molecular weight is 252 g/mol. The van der Waals surface area contributed by atoms with Gasteiger partial charge in [-0.1, -0.05) is 22.9 Å². The molecule has 0 saturated carbocycles. The van der Waals surface area contributed by atoms with Gasteiger partial charge in [-0.05, 0) is 13.3 Å². The average Bonchev–Trinajstić information content (AvgIpc) is 2.13. The van der Waals surface area contributed by atoms with Gasteiger partial charge >= 0.3 is 6.09 Å². The van der Waals surface area contributed by atoms with Gasteiger partial charge < -0.3 is 10.1 Å². The second-order valence-electron chi connectivity index (χ2n) is 2.43. The third-order valence-corrected chi connectivity index (χ3v) is 2.05. The predicted octanol–water partition coefficient (Wildman–Crippen LogP) is 1.48. The van der Waals surface area contributed by atoms with Crippen LogP contribution in [0.15, 0.2) is 0 Å². The first kappa shape index (κ1) is 12.4. The SMILES string of the molecule is CCOC(=O)NC(CC)C(=O)CBr. The highest BCUT2D eigenvalue weighted by atomic mass is 79.9. The van der Waals surface area contributed by atoms with Gasteiger partial charge in [0.05, 0.1) is 18.0 Å². The van der Waals surface area contributed by atoms with Crippen LogP contribution in [0.3, 0.4) is 0 Å². The van der Waals surface area contributed by atoms with Gasteiger partial charge in [0.2, 0.25) is 0 Å². The molecule has 0 aliphatic heterocycles. The number of ether oxygens (including phenoxy) is 1. The van der Waals surface area contributed by atoms with Crippen molar-refractivity contribution in [1.29, 1.82) is 0 Å². The van der Waals surface area contributed by atoms with E-state index >= 15 is 0 Å². The molecule has 13 heavy (non-hydrogen) atoms. The van der Waals surface area contributed by atoms with E-state index in [4.69, 9.17) is 0 Å². The van der Waals surface area contributed by atoms with Crippen LogP contribution in [0.5, 0.6) is 0 Å². The molecule has 0 saturated heterocycles. The zero-order valence-electron chi connectivity index (χ0n) is 7.80. The lowest BCUT2D eigenvalue weighted by Crippen LogP contribution is -2.41. The number of hydrogen-bond acceptors (Lipinski definition) is 3. The second-order valence-corrected chi connectivity index (χ2v) is 2.99. The maximum atomic E-state index is 11.2. The van der Waals surface area contributed by atoms with Crippen molar-refractivity contribution < 1.29 is 14.3 Å². The number of alkyl carbamates (subject to hydrolysis) is 1. The molecule has 0 fully saturated rings. The van der Waals surface area contributed by atoms with Crippen LogP contribution < -0.4 is 5.32 Å². The van der Waals surface area contributed by atoms with E-state index < -0.39 is 12.1 Å². The maximum absolute atomic E-state index is 11.2. The zero-order chi connectivity index (χ0) is 10.3. The van der Waals surface area contributed by atoms with E-state index in [0.29, 0.717) is 13.0 Å². The second kappa shape index (κ2) is 6.88. The van der Waals surface area contributed by atoms with Crippen LogP contribution >= 0.6 is 15.9 Å². The molecule has 1 atom stereocenters. The Labute approximate surface area is 86.1 Å². The number of alkyl halides is 1. The van der Waals surface area contributed by atoms with Crippen molar-refractivity contribution in [3.63, 3.8) is 0 Å². The molecule has 76 valence electrons. The molecule has 0 bridgehead atoms. The van der Waals surface area contributed by atoms with Gasteiger partial charge in [0.1, 0.15) is 0 Å². The fourth-order valence-electron chi connectivity index (χ4n) is 0.818. The highest BCUT2D eigenvalue weighted by Gasteiger charge is 2.17. The molecule has 0 aliphatic carbocycles. The summed E-state index contributed by atoms with van der Waals surface area (Å²) < 4.78 is 4.65. The molecular formula is C8H14BrNO3. The molecule has 1 unspecified atom stereocenters. The van der Waals surface area contributed by atoms with Crippen LogP contribution in [0.4, 0.5) is 4.79 Å². The largest absolute Gasteiger partial charge is 0.450 e. The summed E-state index contributed by atoms with van der Waals surface area (Å²) >= 11 is 3.04. The Kier molecular flexibility index (Phi) is 6.58. The number of carbonyl (C=O) groups is 2. The molecule has 1 amide bonds. The van der Waals surface area contributed by atoms with E-state index in [1.54, 1.807) is 6.92 Å². The molecule has 0 aromatic rings. The molecule has 0 rings (SSSR count). The molecule has 5 heteroatoms. The summed E-state index contributed by atoms with van der Waals surface area (Å²) in [6.45, 7) is 3.86. The Hall–Kier alpha value is -0.580. The summed E-state index contributed by atoms with van der Waals surface area (Å²) in [5, 5.41) is 2.73. The first-order chi connectivity index (χ1) is 6.15. The lowest BCUT2D eigenvalue weighted by atomic mass is 10.1. The van der Waals surface area contributed by atoms with Crippen molar-refractivity contribution in [2.75, 3.05) is 11.9 Å². The minimum absolute atomic E-state index is 0.0458. The van der Waals surface area contributed by atoms with Gasteiger partial charge in [-0.25, -0.2) is 4.79 Å². The molecule has 0 aliphatic rings. The van der Waals surface area contributed by atoms with E-state index in [1.807, 2.05) is 6.92 Å². The Balaban J connectivity index is 3.97. The number of ketones is 1. The fourth-order valence-corrected chi connectivity index (χ4v) is 1.21. The van der Waals surface area contributed by atoms with Crippen molar-refractivity contribution in [2.24, 2.45) is 0 Å². The summed E-state index contributed by atoms with van der Waals surface area (Å²) in [7, 11) is 0. The quantitative estimate of drug-likeness (QED) is 0.754. The van der Waals surface area contributed by atoms with Crippen LogP contribution in [-0.4, -0.2) is 29.9 Å². The number of carbonyl (C=O) groups excluding carboxylic acids is 2. The Morgan fingerprint density at radius 2 is 2.08 bits per heavy atom. The zero-order valence-corrected chi connectivity index (χ0v) is 9.39. The van der Waals surface area contributed by atoms with Crippen molar-refractivity contribution in [3.8, 4) is 0 Å². The molecule has 0 aromatic carbocycles. The van der Waals surface area contributed by atoms with Crippen LogP contribution in [0, 0.1) is 0 Å². The third-order valence-electron chi connectivity index (χ3n) is 1.50. The minimum atomic E-state index is -0.538. The van der Waals surface area contributed by atoms with E-state index in [9.17, 15) is 9.59 Å². The molecule has 4 nitrogen and oxygen atoms in total. The van der Waals surface area contributed by atoms with Gasteiger partial charge in [0.25, 0.3) is 0 Å². The number of amides is 1. The number of Topliss-reactive ketones (excluding diaryl/α,β-unsaturated/α-hetero) is 1. The minimum Gasteiger partial charge on any atom is -0.450 e. The lowest BCUT2D eigenvalue weighted by molar-refractivity contribution is -0.118. The summed E-state index contributed by atoms with van der Waals surface area (Å²) in [6.07, 6.45) is 0.0344. The number of rotatable bonds is 5. The van der Waals surface area contributed by atoms with Crippen LogP contribution in [-0.2, 0) is 9.53 Å². The first-order valence-corrected chi connectivity index (χ1v) is 5.29. The monoisotopic (exact) mass is 251 g/mol. The predicted molar refractivity (Wildman–Crippen MR) is 53.0 cm³/mol.